The molecule has 4 aromatic rings. The molecule has 4 aromatic heterocycles. The van der Waals surface area contributed by atoms with Crippen LogP contribution in [-0.2, 0) is 19.5 Å². The van der Waals surface area contributed by atoms with Crippen molar-refractivity contribution in [2.24, 2.45) is 0 Å². The third-order valence-corrected chi connectivity index (χ3v) is 6.11. The summed E-state index contributed by atoms with van der Waals surface area (Å²) in [5.74, 6) is 1.49. The lowest BCUT2D eigenvalue weighted by atomic mass is 10.1. The number of pyridine rings is 1. The molecule has 1 aliphatic heterocycles. The number of aromatic nitrogens is 6. The highest BCUT2D eigenvalue weighted by atomic mass is 16.1. The van der Waals surface area contributed by atoms with Crippen LogP contribution in [0.25, 0.3) is 17.2 Å². The van der Waals surface area contributed by atoms with E-state index in [1.54, 1.807) is 12.4 Å². The maximum atomic E-state index is 12.8. The second-order valence-electron chi connectivity index (χ2n) is 8.30. The van der Waals surface area contributed by atoms with Gasteiger partial charge in [0.1, 0.15) is 18.0 Å². The molecule has 0 atom stereocenters. The molecule has 5 heterocycles. The standard InChI is InChI=1S/C24H25N7O/c1-15-5-4-7-27-23(15)31-16(2)9-18(17(31)3)12-30-8-6-21-20(13-30)24(32)29-22(28-21)19-10-25-14-26-11-19/h4-5,7,9-11,14H,6,8,12-13H2,1-3H3,(H,28,29,32). The number of hydrogen-bond acceptors (Lipinski definition) is 6. The maximum Gasteiger partial charge on any atom is 0.255 e. The highest BCUT2D eigenvalue weighted by Gasteiger charge is 2.23. The van der Waals surface area contributed by atoms with Crippen LogP contribution < -0.4 is 5.56 Å². The summed E-state index contributed by atoms with van der Waals surface area (Å²) in [5.41, 5.74) is 6.96. The molecule has 0 radical (unpaired) electrons. The predicted molar refractivity (Wildman–Crippen MR) is 121 cm³/mol. The van der Waals surface area contributed by atoms with Crippen molar-refractivity contribution in [1.82, 2.24) is 34.4 Å². The molecule has 8 heteroatoms. The van der Waals surface area contributed by atoms with Crippen LogP contribution in [0.1, 0.15) is 33.8 Å². The number of rotatable bonds is 4. The molecular weight excluding hydrogens is 402 g/mol. The Morgan fingerprint density at radius 3 is 2.75 bits per heavy atom. The fourth-order valence-electron chi connectivity index (χ4n) is 4.44. The molecule has 1 N–H and O–H groups in total. The highest BCUT2D eigenvalue weighted by Crippen LogP contribution is 2.25. The van der Waals surface area contributed by atoms with Gasteiger partial charge < -0.3 is 9.55 Å². The van der Waals surface area contributed by atoms with Crippen LogP contribution in [0.3, 0.4) is 0 Å². The summed E-state index contributed by atoms with van der Waals surface area (Å²) in [6, 6.07) is 6.26. The molecule has 162 valence electrons. The van der Waals surface area contributed by atoms with Gasteiger partial charge in [-0.1, -0.05) is 6.07 Å². The second kappa shape index (κ2) is 8.12. The van der Waals surface area contributed by atoms with E-state index in [0.29, 0.717) is 17.9 Å². The van der Waals surface area contributed by atoms with Crippen LogP contribution in [0, 0.1) is 20.8 Å². The molecule has 32 heavy (non-hydrogen) atoms. The van der Waals surface area contributed by atoms with Gasteiger partial charge in [0.05, 0.1) is 16.8 Å². The van der Waals surface area contributed by atoms with Crippen molar-refractivity contribution in [3.63, 3.8) is 0 Å². The van der Waals surface area contributed by atoms with Gasteiger partial charge in [0, 0.05) is 56.0 Å². The average molecular weight is 428 g/mol. The molecule has 0 unspecified atom stereocenters. The lowest BCUT2D eigenvalue weighted by molar-refractivity contribution is 0.241. The monoisotopic (exact) mass is 427 g/mol. The zero-order valence-corrected chi connectivity index (χ0v) is 18.5. The summed E-state index contributed by atoms with van der Waals surface area (Å²) >= 11 is 0. The molecule has 0 saturated heterocycles. The van der Waals surface area contributed by atoms with Gasteiger partial charge in [-0.05, 0) is 44.0 Å². The summed E-state index contributed by atoms with van der Waals surface area (Å²) in [7, 11) is 0. The van der Waals surface area contributed by atoms with Gasteiger partial charge in [0.2, 0.25) is 0 Å². The number of aromatic amines is 1. The molecule has 0 amide bonds. The van der Waals surface area contributed by atoms with E-state index in [-0.39, 0.29) is 5.56 Å². The zero-order valence-electron chi connectivity index (χ0n) is 18.5. The van der Waals surface area contributed by atoms with Crippen LogP contribution in [0.5, 0.6) is 0 Å². The average Bonchev–Trinajstić information content (AvgIpc) is 3.07. The summed E-state index contributed by atoms with van der Waals surface area (Å²) in [4.78, 5) is 35.4. The van der Waals surface area contributed by atoms with E-state index in [0.717, 1.165) is 47.8 Å². The lowest BCUT2D eigenvalue weighted by Gasteiger charge is -2.27. The normalized spacial score (nSPS) is 13.8. The molecule has 0 fully saturated rings. The van der Waals surface area contributed by atoms with Crippen molar-refractivity contribution in [3.05, 3.63) is 87.2 Å². The molecule has 1 aliphatic rings. The van der Waals surface area contributed by atoms with Gasteiger partial charge in [-0.3, -0.25) is 9.69 Å². The van der Waals surface area contributed by atoms with Crippen LogP contribution in [0.2, 0.25) is 0 Å². The first-order chi connectivity index (χ1) is 15.5. The Morgan fingerprint density at radius 2 is 1.97 bits per heavy atom. The smallest absolute Gasteiger partial charge is 0.255 e. The minimum Gasteiger partial charge on any atom is -0.306 e. The number of fused-ring (bicyclic) bond motifs is 1. The van der Waals surface area contributed by atoms with E-state index >= 15 is 0 Å². The first-order valence-corrected chi connectivity index (χ1v) is 10.7. The molecule has 0 aliphatic carbocycles. The van der Waals surface area contributed by atoms with E-state index in [9.17, 15) is 4.79 Å². The van der Waals surface area contributed by atoms with Crippen LogP contribution in [-0.4, -0.2) is 40.9 Å². The van der Waals surface area contributed by atoms with Crippen molar-refractivity contribution in [2.75, 3.05) is 6.54 Å². The summed E-state index contributed by atoms with van der Waals surface area (Å²) in [6.45, 7) is 8.53. The largest absolute Gasteiger partial charge is 0.306 e. The minimum atomic E-state index is -0.0897. The first kappa shape index (κ1) is 20.3. The van der Waals surface area contributed by atoms with E-state index in [1.165, 1.54) is 17.6 Å². The first-order valence-electron chi connectivity index (χ1n) is 10.7. The Kier molecular flexibility index (Phi) is 5.14. The van der Waals surface area contributed by atoms with Crippen molar-refractivity contribution >= 4 is 0 Å². The SMILES string of the molecule is Cc1cccnc1-n1c(C)cc(CN2CCc3nc(-c4cncnc4)[nH]c(=O)c3C2)c1C. The second-order valence-corrected chi connectivity index (χ2v) is 8.30. The lowest BCUT2D eigenvalue weighted by Crippen LogP contribution is -2.35. The minimum absolute atomic E-state index is 0.0897. The number of nitrogens with zero attached hydrogens (tertiary/aromatic N) is 6. The van der Waals surface area contributed by atoms with E-state index in [1.807, 2.05) is 12.3 Å². The van der Waals surface area contributed by atoms with Crippen LogP contribution >= 0.6 is 0 Å². The molecule has 0 saturated carbocycles. The number of nitrogens with one attached hydrogen (secondary N) is 1. The zero-order chi connectivity index (χ0) is 22.2. The topological polar surface area (TPSA) is 92.6 Å². The molecule has 0 bridgehead atoms. The molecule has 0 spiro atoms. The van der Waals surface area contributed by atoms with Crippen LogP contribution in [0.4, 0.5) is 0 Å². The van der Waals surface area contributed by atoms with E-state index < -0.39 is 0 Å². The number of H-pyrrole nitrogens is 1. The maximum absolute atomic E-state index is 12.8. The van der Waals surface area contributed by atoms with Gasteiger partial charge >= 0.3 is 0 Å². The van der Waals surface area contributed by atoms with Gasteiger partial charge in [-0.2, -0.15) is 0 Å². The van der Waals surface area contributed by atoms with Crippen molar-refractivity contribution in [1.29, 1.82) is 0 Å². The third kappa shape index (κ3) is 3.62. The van der Waals surface area contributed by atoms with Gasteiger partial charge in [-0.25, -0.2) is 19.9 Å². The molecule has 0 aromatic carbocycles. The Morgan fingerprint density at radius 1 is 1.16 bits per heavy atom. The molecule has 8 nitrogen and oxygen atoms in total. The fourth-order valence-corrected chi connectivity index (χ4v) is 4.44. The Labute approximate surface area is 186 Å². The van der Waals surface area contributed by atoms with Gasteiger partial charge in [-0.15, -0.1) is 0 Å². The molecule has 5 rings (SSSR count). The quantitative estimate of drug-likeness (QED) is 0.538. The number of hydrogen-bond donors (Lipinski definition) is 1. The van der Waals surface area contributed by atoms with E-state index in [4.69, 9.17) is 4.98 Å². The number of aryl methyl sites for hydroxylation is 2. The van der Waals surface area contributed by atoms with Crippen LogP contribution in [0.15, 0.2) is 47.9 Å². The summed E-state index contributed by atoms with van der Waals surface area (Å²) in [6.07, 6.45) is 7.34. The Hall–Kier alpha value is -3.65. The third-order valence-electron chi connectivity index (χ3n) is 6.11. The molecular formula is C24H25N7O. The van der Waals surface area contributed by atoms with Crippen molar-refractivity contribution in [3.8, 4) is 17.2 Å². The fraction of sp³-hybridized carbons (Fsp3) is 0.292. The Balaban J connectivity index is 1.40. The van der Waals surface area contributed by atoms with Gasteiger partial charge in [0.25, 0.3) is 5.56 Å². The summed E-state index contributed by atoms with van der Waals surface area (Å²) in [5, 5.41) is 0. The Bertz CT molecular complexity index is 1340. The van der Waals surface area contributed by atoms with E-state index in [2.05, 4.69) is 62.3 Å². The highest BCUT2D eigenvalue weighted by molar-refractivity contribution is 5.52. The van der Waals surface area contributed by atoms with Crippen molar-refractivity contribution < 1.29 is 0 Å². The summed E-state index contributed by atoms with van der Waals surface area (Å²) < 4.78 is 2.21. The van der Waals surface area contributed by atoms with Gasteiger partial charge in [0.15, 0.2) is 0 Å². The predicted octanol–water partition coefficient (Wildman–Crippen LogP) is 2.90. The van der Waals surface area contributed by atoms with Crippen molar-refractivity contribution in [2.45, 2.75) is 40.3 Å².